The maximum Gasteiger partial charge on any atom is 0.216 e. The predicted molar refractivity (Wildman–Crippen MR) is 181 cm³/mol. The molecule has 7 heteroatoms. The zero-order valence-electron chi connectivity index (χ0n) is 31.5. The number of hydrogen-bond donors (Lipinski definition) is 1. The number of thiophene rings is 1. The second-order valence-corrected chi connectivity index (χ2v) is 12.7. The third kappa shape index (κ3) is 8.04. The van der Waals surface area contributed by atoms with E-state index < -0.39 is 18.6 Å². The summed E-state index contributed by atoms with van der Waals surface area (Å²) in [5.41, 5.74) is 1.84. The second kappa shape index (κ2) is 15.4. The molecule has 0 amide bonds. The van der Waals surface area contributed by atoms with Gasteiger partial charge in [0.2, 0.25) is 5.71 Å². The van der Waals surface area contributed by atoms with E-state index in [2.05, 4.69) is 16.0 Å². The number of allylic oxidation sites excluding steroid dienone is 2. The molecule has 1 N–H and O–H groups in total. The first-order chi connectivity index (χ1) is 22.5. The minimum Gasteiger partial charge on any atom is -0.512 e. The molecule has 44 heavy (non-hydrogen) atoms. The van der Waals surface area contributed by atoms with Crippen LogP contribution >= 0.6 is 11.3 Å². The van der Waals surface area contributed by atoms with Crippen LogP contribution in [0.5, 0.6) is 0 Å². The summed E-state index contributed by atoms with van der Waals surface area (Å²) >= 11 is 1.48. The molecule has 5 rings (SSSR count). The smallest absolute Gasteiger partial charge is 0.216 e. The van der Waals surface area contributed by atoms with Crippen LogP contribution in [0.25, 0.3) is 43.4 Å². The molecule has 0 atom stereocenters. The Morgan fingerprint density at radius 3 is 2.43 bits per heavy atom. The Kier molecular flexibility index (Phi) is 10.0. The van der Waals surface area contributed by atoms with Crippen molar-refractivity contribution in [2.45, 2.75) is 87.4 Å². The molecule has 4 aromatic heterocycles. The van der Waals surface area contributed by atoms with Crippen molar-refractivity contribution in [3.63, 3.8) is 0 Å². The molecule has 5 nitrogen and oxygen atoms in total. The van der Waals surface area contributed by atoms with E-state index in [9.17, 15) is 9.90 Å². The topological polar surface area (TPSA) is 76.2 Å². The van der Waals surface area contributed by atoms with Crippen LogP contribution in [-0.4, -0.2) is 20.9 Å². The fraction of sp³-hybridized carbons (Fsp3) is 0.432. The molecule has 5 aromatic rings. The van der Waals surface area contributed by atoms with E-state index in [-0.39, 0.29) is 54.9 Å². The number of fused-ring (bicyclic) bond motifs is 4. The Hall–Kier alpha value is -2.86. The van der Waals surface area contributed by atoms with Crippen molar-refractivity contribution in [3.8, 4) is 11.3 Å². The maximum absolute atomic E-state index is 11.7. The predicted octanol–water partition coefficient (Wildman–Crippen LogP) is 10.8. The van der Waals surface area contributed by atoms with Crippen molar-refractivity contribution in [2.75, 3.05) is 0 Å². The van der Waals surface area contributed by atoms with Gasteiger partial charge in [0.25, 0.3) is 0 Å². The van der Waals surface area contributed by atoms with Crippen LogP contribution in [0.15, 0.2) is 58.2 Å². The first kappa shape index (κ1) is 28.6. The minimum absolute atomic E-state index is 0. The Bertz CT molecular complexity index is 1930. The minimum atomic E-state index is -2.33. The molecule has 0 spiro atoms. The summed E-state index contributed by atoms with van der Waals surface area (Å²) in [4.78, 5) is 20.6. The van der Waals surface area contributed by atoms with Gasteiger partial charge in [-0.05, 0) is 78.9 Å². The maximum atomic E-state index is 11.7. The number of ketones is 1. The molecule has 0 saturated heterocycles. The van der Waals surface area contributed by atoms with Crippen molar-refractivity contribution < 1.29 is 41.3 Å². The van der Waals surface area contributed by atoms with Gasteiger partial charge in [-0.25, -0.2) is 4.98 Å². The average molecular weight is 795 g/mol. The van der Waals surface area contributed by atoms with Gasteiger partial charge in [0.15, 0.2) is 5.78 Å². The largest absolute Gasteiger partial charge is 0.512 e. The van der Waals surface area contributed by atoms with Gasteiger partial charge in [-0.1, -0.05) is 59.4 Å². The zero-order chi connectivity index (χ0) is 35.6. The van der Waals surface area contributed by atoms with Crippen molar-refractivity contribution >= 4 is 49.3 Å². The second-order valence-electron chi connectivity index (χ2n) is 11.8. The van der Waals surface area contributed by atoms with Crippen molar-refractivity contribution in [1.29, 1.82) is 0 Å². The fourth-order valence-electron chi connectivity index (χ4n) is 5.25. The number of aromatic nitrogens is 2. The van der Waals surface area contributed by atoms with Gasteiger partial charge in [-0.2, -0.15) is 0 Å². The van der Waals surface area contributed by atoms with Crippen LogP contribution in [0.4, 0.5) is 0 Å². The fourth-order valence-corrected chi connectivity index (χ4v) is 6.13. The van der Waals surface area contributed by atoms with Gasteiger partial charge < -0.3 is 14.5 Å². The number of aliphatic hydroxyl groups excluding tert-OH is 1. The van der Waals surface area contributed by atoms with Gasteiger partial charge in [0.05, 0.1) is 11.3 Å². The number of furan rings is 1. The Morgan fingerprint density at radius 1 is 1.09 bits per heavy atom. The van der Waals surface area contributed by atoms with Crippen LogP contribution in [0.3, 0.4) is 0 Å². The molecule has 1 radical (unpaired) electrons. The summed E-state index contributed by atoms with van der Waals surface area (Å²) in [5.74, 6) is 0.547. The summed E-state index contributed by atoms with van der Waals surface area (Å²) in [5, 5.41) is 13.8. The molecule has 0 unspecified atom stereocenters. The normalized spacial score (nSPS) is 14.5. The van der Waals surface area contributed by atoms with E-state index in [0.29, 0.717) is 27.8 Å². The molecular formula is C37H45IrN2O3S-. The van der Waals surface area contributed by atoms with Gasteiger partial charge in [0.1, 0.15) is 0 Å². The van der Waals surface area contributed by atoms with Crippen molar-refractivity contribution in [2.24, 2.45) is 17.3 Å². The number of rotatable bonds is 9. The number of aryl methyl sites for hydroxylation is 1. The first-order valence-corrected chi connectivity index (χ1v) is 15.9. The molecule has 0 fully saturated rings. The van der Waals surface area contributed by atoms with Gasteiger partial charge >= 0.3 is 0 Å². The molecule has 237 valence electrons. The van der Waals surface area contributed by atoms with E-state index in [1.165, 1.54) is 23.5 Å². The van der Waals surface area contributed by atoms with E-state index in [4.69, 9.17) is 11.3 Å². The summed E-state index contributed by atoms with van der Waals surface area (Å²) < 4.78 is 47.6. The molecule has 0 saturated carbocycles. The number of nitrogens with zero attached hydrogens (tertiary/aromatic N) is 2. The summed E-state index contributed by atoms with van der Waals surface area (Å²) in [6, 6.07) is 11.9. The number of benzene rings is 1. The van der Waals surface area contributed by atoms with Crippen LogP contribution in [0.2, 0.25) is 0 Å². The molecule has 0 bridgehead atoms. The Balaban J connectivity index is 0.000000347. The van der Waals surface area contributed by atoms with Gasteiger partial charge in [0, 0.05) is 72.5 Å². The van der Waals surface area contributed by atoms with E-state index in [0.717, 1.165) is 41.2 Å². The molecule has 0 aliphatic rings. The third-order valence-electron chi connectivity index (χ3n) is 7.61. The number of aliphatic hydroxyl groups is 1. The number of hydrogen-bond acceptors (Lipinski definition) is 6. The Labute approximate surface area is 286 Å². The molecule has 4 heterocycles. The molecule has 0 aliphatic heterocycles. The van der Waals surface area contributed by atoms with E-state index >= 15 is 0 Å². The number of carbonyl (C=O) groups is 1. The quantitative estimate of drug-likeness (QED) is 0.0914. The van der Waals surface area contributed by atoms with Crippen LogP contribution in [0, 0.1) is 30.2 Å². The average Bonchev–Trinajstić information content (AvgIpc) is 3.63. The SMILES string of the molecule is CCC(CC)C(=O)/C=C(\O)C(CC)CC.[2H]C([2H])([2H])c1ccc2c(n1)oc1c(-c3nccc4scc(C([2H])([2H])C(C)(C)C)c34)[c-]ccc12.[Ir]. The zero-order valence-corrected chi connectivity index (χ0v) is 29.7. The van der Waals surface area contributed by atoms with Gasteiger partial charge in [-0.15, -0.1) is 29.5 Å². The van der Waals surface area contributed by atoms with E-state index in [1.807, 2.05) is 66.0 Å². The third-order valence-corrected chi connectivity index (χ3v) is 8.56. The summed E-state index contributed by atoms with van der Waals surface area (Å²) in [6.07, 6.45) is 5.01. The number of pyridine rings is 2. The number of carbonyl (C=O) groups excluding carboxylic acids is 1. The first-order valence-electron chi connectivity index (χ1n) is 17.6. The Morgan fingerprint density at radius 2 is 1.80 bits per heavy atom. The van der Waals surface area contributed by atoms with Crippen LogP contribution < -0.4 is 0 Å². The van der Waals surface area contributed by atoms with Crippen molar-refractivity contribution in [1.82, 2.24) is 9.97 Å². The molecule has 1 aromatic carbocycles. The molecular weight excluding hydrogens is 745 g/mol. The van der Waals surface area contributed by atoms with E-state index in [1.54, 1.807) is 18.3 Å². The summed E-state index contributed by atoms with van der Waals surface area (Å²) in [7, 11) is 0. The monoisotopic (exact) mass is 795 g/mol. The standard InChI is InChI=1S/C24H21N2OS.C13H24O2.Ir/c1-14-8-9-17-16-6-5-7-18(22(16)27-23(17)26-14)21-20-15(12-24(2,3)4)13-28-19(20)10-11-25-21;1-5-10(6-2)12(14)9-13(15)11(7-3)8-4;/h5-6,8-11,13H,12H2,1-4H3;9-11,14H,5-8H2,1-4H3;/q-1;;/b;12-9-;/i1D3,12D2;;. The van der Waals surface area contributed by atoms with Crippen LogP contribution in [-0.2, 0) is 31.3 Å². The van der Waals surface area contributed by atoms with Gasteiger partial charge in [-0.3, -0.25) is 4.79 Å². The van der Waals surface area contributed by atoms with Crippen LogP contribution in [0.1, 0.15) is 92.3 Å². The molecule has 0 aliphatic carbocycles. The summed E-state index contributed by atoms with van der Waals surface area (Å²) in [6.45, 7) is 11.4. The van der Waals surface area contributed by atoms with Crippen molar-refractivity contribution in [3.05, 3.63) is 71.1 Å².